The summed E-state index contributed by atoms with van der Waals surface area (Å²) in [6.45, 7) is 3.97. The highest BCUT2D eigenvalue weighted by atomic mass is 16.1. The van der Waals surface area contributed by atoms with Gasteiger partial charge in [0.1, 0.15) is 5.82 Å². The third kappa shape index (κ3) is 4.22. The van der Waals surface area contributed by atoms with Gasteiger partial charge in [-0.05, 0) is 19.1 Å². The molecule has 0 aliphatic rings. The van der Waals surface area contributed by atoms with Gasteiger partial charge in [0.05, 0.1) is 6.54 Å². The van der Waals surface area contributed by atoms with Gasteiger partial charge in [0.25, 0.3) is 5.91 Å². The number of hydrogen-bond acceptors (Lipinski definition) is 3. The lowest BCUT2D eigenvalue weighted by atomic mass is 10.1. The number of aromatic nitrogens is 2. The Morgan fingerprint density at radius 1 is 1.26 bits per heavy atom. The molecule has 1 aromatic carbocycles. The topological polar surface area (TPSA) is 69.8 Å². The maximum absolute atomic E-state index is 11.8. The maximum Gasteiger partial charge on any atom is 0.251 e. The fourth-order valence-corrected chi connectivity index (χ4v) is 1.67. The van der Waals surface area contributed by atoms with Crippen LogP contribution < -0.4 is 10.6 Å². The average molecular weight is 258 g/mol. The normalized spacial score (nSPS) is 10.4. The van der Waals surface area contributed by atoms with Crippen molar-refractivity contribution >= 4 is 5.91 Å². The first-order valence-corrected chi connectivity index (χ1v) is 6.29. The Morgan fingerprint density at radius 3 is 2.74 bits per heavy atom. The molecule has 3 N–H and O–H groups in total. The molecule has 2 aromatic rings. The molecule has 2 rings (SSSR count). The van der Waals surface area contributed by atoms with Gasteiger partial charge in [-0.15, -0.1) is 0 Å². The van der Waals surface area contributed by atoms with Gasteiger partial charge in [-0.3, -0.25) is 4.79 Å². The van der Waals surface area contributed by atoms with E-state index in [-0.39, 0.29) is 5.91 Å². The van der Waals surface area contributed by atoms with Crippen LogP contribution in [0.1, 0.15) is 21.7 Å². The highest BCUT2D eigenvalue weighted by Crippen LogP contribution is 2.02. The zero-order valence-electron chi connectivity index (χ0n) is 10.9. The van der Waals surface area contributed by atoms with Crippen LogP contribution in [0.4, 0.5) is 0 Å². The van der Waals surface area contributed by atoms with E-state index in [0.29, 0.717) is 25.2 Å². The lowest BCUT2D eigenvalue weighted by molar-refractivity contribution is 0.0954. The molecule has 0 radical (unpaired) electrons. The van der Waals surface area contributed by atoms with E-state index in [1.54, 1.807) is 12.4 Å². The standard InChI is InChI=1S/C14H18N4O/c1-11-2-4-12(5-3-11)14(19)18-7-6-15-10-13-16-8-9-17-13/h2-5,8-9,15H,6-7,10H2,1H3,(H,16,17)(H,18,19). The molecular weight excluding hydrogens is 240 g/mol. The van der Waals surface area contributed by atoms with Crippen molar-refractivity contribution in [2.24, 2.45) is 0 Å². The Bertz CT molecular complexity index is 505. The first-order valence-electron chi connectivity index (χ1n) is 6.29. The molecule has 19 heavy (non-hydrogen) atoms. The number of aryl methyl sites for hydroxylation is 1. The molecule has 0 atom stereocenters. The van der Waals surface area contributed by atoms with Crippen LogP contribution in [0.2, 0.25) is 0 Å². The second-order valence-corrected chi connectivity index (χ2v) is 4.33. The highest BCUT2D eigenvalue weighted by Gasteiger charge is 2.03. The zero-order valence-corrected chi connectivity index (χ0v) is 10.9. The smallest absolute Gasteiger partial charge is 0.251 e. The summed E-state index contributed by atoms with van der Waals surface area (Å²) in [4.78, 5) is 18.9. The van der Waals surface area contributed by atoms with E-state index in [1.807, 2.05) is 31.2 Å². The van der Waals surface area contributed by atoms with Gasteiger partial charge in [-0.2, -0.15) is 0 Å². The van der Waals surface area contributed by atoms with Crippen molar-refractivity contribution in [2.75, 3.05) is 13.1 Å². The summed E-state index contributed by atoms with van der Waals surface area (Å²) < 4.78 is 0. The number of hydrogen-bond donors (Lipinski definition) is 3. The molecule has 5 heteroatoms. The number of rotatable bonds is 6. The Labute approximate surface area is 112 Å². The van der Waals surface area contributed by atoms with E-state index in [9.17, 15) is 4.79 Å². The molecule has 0 spiro atoms. The minimum atomic E-state index is -0.0419. The number of benzene rings is 1. The Balaban J connectivity index is 1.65. The lowest BCUT2D eigenvalue weighted by Crippen LogP contribution is -2.31. The van der Waals surface area contributed by atoms with Crippen LogP contribution in [0.15, 0.2) is 36.7 Å². The third-order valence-corrected chi connectivity index (χ3v) is 2.75. The summed E-state index contributed by atoms with van der Waals surface area (Å²) in [5.74, 6) is 0.852. The van der Waals surface area contributed by atoms with Crippen molar-refractivity contribution in [1.29, 1.82) is 0 Å². The number of imidazole rings is 1. The second-order valence-electron chi connectivity index (χ2n) is 4.33. The summed E-state index contributed by atoms with van der Waals surface area (Å²) in [5, 5.41) is 6.06. The number of H-pyrrole nitrogens is 1. The molecule has 0 fully saturated rings. The number of carbonyl (C=O) groups is 1. The summed E-state index contributed by atoms with van der Waals surface area (Å²) in [7, 11) is 0. The largest absolute Gasteiger partial charge is 0.351 e. The summed E-state index contributed by atoms with van der Waals surface area (Å²) in [6.07, 6.45) is 3.51. The van der Waals surface area contributed by atoms with Crippen LogP contribution in [-0.4, -0.2) is 29.0 Å². The second kappa shape index (κ2) is 6.70. The van der Waals surface area contributed by atoms with Crippen LogP contribution in [0, 0.1) is 6.92 Å². The van der Waals surface area contributed by atoms with E-state index < -0.39 is 0 Å². The van der Waals surface area contributed by atoms with Gasteiger partial charge in [-0.1, -0.05) is 17.7 Å². The van der Waals surface area contributed by atoms with Gasteiger partial charge >= 0.3 is 0 Å². The molecule has 0 aliphatic carbocycles. The Kier molecular flexibility index (Phi) is 4.69. The molecule has 1 aromatic heterocycles. The molecule has 0 saturated heterocycles. The van der Waals surface area contributed by atoms with Crippen LogP contribution in [-0.2, 0) is 6.54 Å². The minimum Gasteiger partial charge on any atom is -0.351 e. The molecule has 0 saturated carbocycles. The molecule has 0 bridgehead atoms. The van der Waals surface area contributed by atoms with Crippen LogP contribution in [0.3, 0.4) is 0 Å². The van der Waals surface area contributed by atoms with Gasteiger partial charge in [0.15, 0.2) is 0 Å². The predicted octanol–water partition coefficient (Wildman–Crippen LogP) is 1.24. The van der Waals surface area contributed by atoms with Crippen LogP contribution in [0.25, 0.3) is 0 Å². The highest BCUT2D eigenvalue weighted by molar-refractivity contribution is 5.94. The molecule has 0 aliphatic heterocycles. The van der Waals surface area contributed by atoms with Crippen LogP contribution >= 0.6 is 0 Å². The van der Waals surface area contributed by atoms with Gasteiger partial charge < -0.3 is 15.6 Å². The van der Waals surface area contributed by atoms with E-state index >= 15 is 0 Å². The molecule has 1 heterocycles. The zero-order chi connectivity index (χ0) is 13.5. The number of aromatic amines is 1. The Morgan fingerprint density at radius 2 is 2.05 bits per heavy atom. The summed E-state index contributed by atoms with van der Waals surface area (Å²) in [5.41, 5.74) is 1.84. The SMILES string of the molecule is Cc1ccc(C(=O)NCCNCc2ncc[nH]2)cc1. The number of nitrogens with zero attached hydrogens (tertiary/aromatic N) is 1. The van der Waals surface area contributed by atoms with E-state index in [1.165, 1.54) is 0 Å². The van der Waals surface area contributed by atoms with Gasteiger partial charge in [0, 0.05) is 31.0 Å². The molecular formula is C14H18N4O. The first-order chi connectivity index (χ1) is 9.25. The fraction of sp³-hybridized carbons (Fsp3) is 0.286. The first kappa shape index (κ1) is 13.3. The number of nitrogens with one attached hydrogen (secondary N) is 3. The van der Waals surface area contributed by atoms with Crippen molar-refractivity contribution in [1.82, 2.24) is 20.6 Å². The van der Waals surface area contributed by atoms with E-state index in [4.69, 9.17) is 0 Å². The quantitative estimate of drug-likeness (QED) is 0.683. The monoisotopic (exact) mass is 258 g/mol. The molecule has 0 unspecified atom stereocenters. The van der Waals surface area contributed by atoms with Gasteiger partial charge in [-0.25, -0.2) is 4.98 Å². The summed E-state index contributed by atoms with van der Waals surface area (Å²) >= 11 is 0. The summed E-state index contributed by atoms with van der Waals surface area (Å²) in [6, 6.07) is 7.54. The van der Waals surface area contributed by atoms with Crippen molar-refractivity contribution in [3.8, 4) is 0 Å². The van der Waals surface area contributed by atoms with E-state index in [2.05, 4.69) is 20.6 Å². The molecule has 100 valence electrons. The average Bonchev–Trinajstić information content (AvgIpc) is 2.92. The maximum atomic E-state index is 11.8. The van der Waals surface area contributed by atoms with Crippen molar-refractivity contribution in [2.45, 2.75) is 13.5 Å². The van der Waals surface area contributed by atoms with E-state index in [0.717, 1.165) is 11.4 Å². The number of carbonyl (C=O) groups excluding carboxylic acids is 1. The lowest BCUT2D eigenvalue weighted by Gasteiger charge is -2.06. The molecule has 1 amide bonds. The Hall–Kier alpha value is -2.14. The molecule has 5 nitrogen and oxygen atoms in total. The minimum absolute atomic E-state index is 0.0419. The third-order valence-electron chi connectivity index (χ3n) is 2.75. The van der Waals surface area contributed by atoms with Crippen LogP contribution in [0.5, 0.6) is 0 Å². The van der Waals surface area contributed by atoms with Crippen molar-refractivity contribution in [3.63, 3.8) is 0 Å². The van der Waals surface area contributed by atoms with Crippen molar-refractivity contribution in [3.05, 3.63) is 53.6 Å². The number of amides is 1. The van der Waals surface area contributed by atoms with Crippen molar-refractivity contribution < 1.29 is 4.79 Å². The van der Waals surface area contributed by atoms with Gasteiger partial charge in [0.2, 0.25) is 0 Å². The predicted molar refractivity (Wildman–Crippen MR) is 73.8 cm³/mol. The fourth-order valence-electron chi connectivity index (χ4n) is 1.67.